The van der Waals surface area contributed by atoms with Crippen LogP contribution in [0.1, 0.15) is 0 Å². The van der Waals surface area contributed by atoms with E-state index in [1.165, 1.54) is 0 Å². The van der Waals surface area contributed by atoms with Gasteiger partial charge in [-0.05, 0) is 0 Å². The van der Waals surface area contributed by atoms with E-state index in [0.29, 0.717) is 0 Å². The van der Waals surface area contributed by atoms with Gasteiger partial charge in [-0.15, -0.1) is 0 Å². The topological polar surface area (TPSA) is 277 Å². The Morgan fingerprint density at radius 2 is 0.294 bits per heavy atom. The van der Waals surface area contributed by atoms with E-state index in [-0.39, 0.29) is 44.8 Å². The minimum atomic E-state index is 0. The molecule has 0 heterocycles. The van der Waals surface area contributed by atoms with Gasteiger partial charge in [0, 0.05) is 0 Å². The zero-order chi connectivity index (χ0) is 13.5. The van der Waals surface area contributed by atoms with Crippen molar-refractivity contribution >= 4 is 0 Å². The zero-order valence-corrected chi connectivity index (χ0v) is 11.4. The molecule has 0 fully saturated rings. The molecule has 0 rings (SSSR count). The summed E-state index contributed by atoms with van der Waals surface area (Å²) in [6.07, 6.45) is 0. The molecule has 0 unspecified atom stereocenters. The van der Waals surface area contributed by atoms with Crippen molar-refractivity contribution in [2.75, 3.05) is 0 Å². The van der Waals surface area contributed by atoms with Gasteiger partial charge in [0.1, 0.15) is 0 Å². The van der Waals surface area contributed by atoms with E-state index in [0.717, 1.165) is 0 Å². The molecule has 0 N–H and O–H groups in total. The Hall–Kier alpha value is 0.881. The summed E-state index contributed by atoms with van der Waals surface area (Å²) in [5.41, 5.74) is 0. The van der Waals surface area contributed by atoms with E-state index in [1.54, 1.807) is 25.2 Å². The third-order valence-corrected chi connectivity index (χ3v) is 0. The van der Waals surface area contributed by atoms with Gasteiger partial charge in [-0.25, -0.2) is 0 Å². The summed E-state index contributed by atoms with van der Waals surface area (Å²) < 4.78 is 0. The summed E-state index contributed by atoms with van der Waals surface area (Å²) in [7, 11) is 0. The smallest absolute Gasteiger partial charge is 0.734 e. The van der Waals surface area contributed by atoms with Gasteiger partial charge in [0.25, 0.3) is 0 Å². The van der Waals surface area contributed by atoms with Crippen LogP contribution in [0.15, 0.2) is 0 Å². The molecule has 0 saturated carbocycles. The Morgan fingerprint density at radius 3 is 0.294 bits per heavy atom. The first-order chi connectivity index (χ1) is 7.07. The molecule has 0 spiro atoms. The third-order valence-electron chi connectivity index (χ3n) is 0. The summed E-state index contributed by atoms with van der Waals surface area (Å²) in [6.45, 7) is 0. The molecule has 0 aromatic carbocycles. The maximum Gasteiger partial charge on any atom is 5.00 e. The van der Waals surface area contributed by atoms with Crippen molar-refractivity contribution in [3.05, 3.63) is 0 Å². The summed E-state index contributed by atoms with van der Waals surface area (Å²) in [4.78, 5) is 0. The van der Waals surface area contributed by atoms with Crippen LogP contribution >= 0.6 is 0 Å². The van der Waals surface area contributed by atoms with Crippen LogP contribution in [0.2, 0.25) is 0 Å². The fraction of sp³-hybridized carbons (Fsp3) is 0. The van der Waals surface area contributed by atoms with E-state index in [2.05, 4.69) is 0 Å². The molecule has 100 valence electrons. The molecule has 0 aromatic heterocycles. The van der Waals surface area contributed by atoms with Gasteiger partial charge < -0.3 is 77.8 Å². The van der Waals surface area contributed by atoms with Crippen molar-refractivity contribution in [2.24, 2.45) is 0 Å². The second-order valence-electron chi connectivity index (χ2n) is 0.340. The first-order valence-corrected chi connectivity index (χ1v) is 1.67. The van der Waals surface area contributed by atoms with Crippen LogP contribution in [0.4, 0.5) is 0 Å². The van der Waals surface area contributed by atoms with Crippen LogP contribution < -0.4 is 52.6 Å². The molecule has 0 aliphatic rings. The van der Waals surface area contributed by atoms with Crippen molar-refractivity contribution < 1.29 is 123 Å². The van der Waals surface area contributed by atoms with Crippen molar-refractivity contribution in [1.29, 1.82) is 0 Å². The molecule has 0 atom stereocenters. The fourth-order valence-electron chi connectivity index (χ4n) is 0. The molecule has 15 nitrogen and oxygen atoms in total. The molecule has 0 amide bonds. The molecule has 0 saturated heterocycles. The van der Waals surface area contributed by atoms with Crippen LogP contribution in [-0.2, 0) is 70.0 Å². The van der Waals surface area contributed by atoms with E-state index in [9.17, 15) is 0 Å². The second-order valence-corrected chi connectivity index (χ2v) is 0.340. The van der Waals surface area contributed by atoms with Crippen molar-refractivity contribution in [3.63, 3.8) is 0 Å². The molecule has 0 aliphatic heterocycles. The van der Waals surface area contributed by atoms with Crippen LogP contribution in [0, 0.1) is 0 Å². The van der Waals surface area contributed by atoms with Gasteiger partial charge >= 0.3 is 44.8 Å². The number of hydrogen-bond acceptors (Lipinski definition) is 15. The predicted molar refractivity (Wildman–Crippen MR) is 5.42 cm³/mol. The predicted octanol–water partition coefficient (Wildman–Crippen LogP) is -12.2. The van der Waals surface area contributed by atoms with Gasteiger partial charge in [0.2, 0.25) is 0 Å². The largest absolute Gasteiger partial charge is 5.00 e. The number of hydrogen-bond donors (Lipinski definition) is 0. The summed E-state index contributed by atoms with van der Waals surface area (Å²) in [6, 6.07) is 0. The quantitative estimate of drug-likeness (QED) is 0.197. The maximum absolute atomic E-state index is 7.88. The van der Waals surface area contributed by atoms with Crippen molar-refractivity contribution in [2.45, 2.75) is 0 Å². The Morgan fingerprint density at radius 1 is 0.294 bits per heavy atom. The monoisotopic (exact) mass is 426 g/mol. The van der Waals surface area contributed by atoms with E-state index < -0.39 is 0 Å². The van der Waals surface area contributed by atoms with Crippen LogP contribution in [0.5, 0.6) is 0 Å². The average molecular weight is 426 g/mol. The van der Waals surface area contributed by atoms with Crippen molar-refractivity contribution in [3.8, 4) is 0 Å². The van der Waals surface area contributed by atoms with Gasteiger partial charge in [-0.2, -0.15) is 0 Å². The van der Waals surface area contributed by atoms with Crippen LogP contribution in [0.3, 0.4) is 0 Å². The maximum atomic E-state index is 7.88. The minimum absolute atomic E-state index is 0. The Labute approximate surface area is 122 Å². The molecule has 0 aromatic rings. The fourth-order valence-corrected chi connectivity index (χ4v) is 0. The molecule has 0 aliphatic carbocycles. The van der Waals surface area contributed by atoms with Crippen LogP contribution in [0.25, 0.3) is 0 Å². The Kier molecular flexibility index (Phi) is 312. The minimum Gasteiger partial charge on any atom is -0.734 e. The van der Waals surface area contributed by atoms with Crippen LogP contribution in [-0.4, -0.2) is 0 Å². The van der Waals surface area contributed by atoms with E-state index in [1.807, 2.05) is 0 Å². The average Bonchev–Trinajstić information content (AvgIpc) is 2.09. The second kappa shape index (κ2) is 123. The zero-order valence-electron chi connectivity index (χ0n) is 7.02. The SMILES string of the molecule is [Nb+5].[Nb+5].[O-]O[O-].[O-]O[O-].[O-]O[O-].[O-]O[O-].[O-]O[O-]. The molecule has 17 heavy (non-hydrogen) atoms. The molecular formula is Nb2O15. The van der Waals surface area contributed by atoms with Gasteiger partial charge in [-0.1, -0.05) is 0 Å². The Balaban J connectivity index is -0.0000000143. The normalized spacial score (nSPS) is 5.29. The van der Waals surface area contributed by atoms with E-state index >= 15 is 0 Å². The first kappa shape index (κ1) is 43.0. The van der Waals surface area contributed by atoms with E-state index in [4.69, 9.17) is 52.6 Å². The van der Waals surface area contributed by atoms with Gasteiger partial charge in [0.05, 0.1) is 0 Å². The molecule has 0 bridgehead atoms. The summed E-state index contributed by atoms with van der Waals surface area (Å²) >= 11 is 0. The standard InChI is InChI=1S/2Nb.5H2O3/c;;5*1-3-2/h;;5*1-2H/q2*+5;;;;;/p-10. The van der Waals surface area contributed by atoms with Gasteiger partial charge in [-0.3, -0.25) is 0 Å². The third kappa shape index (κ3) is 4820. The first-order valence-electron chi connectivity index (χ1n) is 1.67. The Bertz CT molecular complexity index is 20.5. The van der Waals surface area contributed by atoms with Gasteiger partial charge in [0.15, 0.2) is 0 Å². The van der Waals surface area contributed by atoms with Crippen molar-refractivity contribution in [1.82, 2.24) is 0 Å². The number of rotatable bonds is 0. The molecule has 17 heteroatoms. The summed E-state index contributed by atoms with van der Waals surface area (Å²) in [5, 5.41) is 87.5. The molecule has 0 radical (unpaired) electrons. The molecular weight excluding hydrogens is 426 g/mol. The summed E-state index contributed by atoms with van der Waals surface area (Å²) in [5.74, 6) is 0.